The van der Waals surface area contributed by atoms with E-state index in [0.29, 0.717) is 12.3 Å². The van der Waals surface area contributed by atoms with Gasteiger partial charge in [0.25, 0.3) is 0 Å². The van der Waals surface area contributed by atoms with E-state index >= 15 is 0 Å². The van der Waals surface area contributed by atoms with Crippen LogP contribution in [0, 0.1) is 23.7 Å². The molecule has 0 radical (unpaired) electrons. The Bertz CT molecular complexity index is 521. The van der Waals surface area contributed by atoms with Gasteiger partial charge in [-0.05, 0) is 31.1 Å². The molecule has 0 aromatic carbocycles. The maximum Gasteiger partial charge on any atom is 0.397 e. The van der Waals surface area contributed by atoms with Crippen LogP contribution in [-0.4, -0.2) is 36.9 Å². The third-order valence-corrected chi connectivity index (χ3v) is 7.02. The largest absolute Gasteiger partial charge is 0.397 e. The third kappa shape index (κ3) is 5.37. The van der Waals surface area contributed by atoms with Crippen LogP contribution in [0.2, 0.25) is 0 Å². The van der Waals surface area contributed by atoms with Crippen LogP contribution >= 0.6 is 0 Å². The summed E-state index contributed by atoms with van der Waals surface area (Å²) in [4.78, 5) is 0. The van der Waals surface area contributed by atoms with E-state index in [-0.39, 0.29) is 18.8 Å². The summed E-state index contributed by atoms with van der Waals surface area (Å²) >= 11 is 0. The van der Waals surface area contributed by atoms with Gasteiger partial charge in [-0.15, -0.1) is 0 Å². The number of hydrogen-bond donors (Lipinski definition) is 0. The third-order valence-electron chi connectivity index (χ3n) is 7.02. The van der Waals surface area contributed by atoms with Crippen molar-refractivity contribution in [3.63, 3.8) is 0 Å². The summed E-state index contributed by atoms with van der Waals surface area (Å²) in [7, 11) is 0. The molecule has 3 saturated carbocycles. The highest BCUT2D eigenvalue weighted by molar-refractivity contribution is 4.93. The second-order valence-electron chi connectivity index (χ2n) is 8.97. The maximum absolute atomic E-state index is 14.6. The van der Waals surface area contributed by atoms with Crippen LogP contribution in [0.1, 0.15) is 64.2 Å². The first kappa shape index (κ1) is 23.1. The maximum atomic E-state index is 14.6. The molecule has 29 heavy (non-hydrogen) atoms. The van der Waals surface area contributed by atoms with Gasteiger partial charge in [0, 0.05) is 12.8 Å². The number of rotatable bonds is 4. The van der Waals surface area contributed by atoms with Gasteiger partial charge < -0.3 is 4.74 Å². The van der Waals surface area contributed by atoms with E-state index in [0.717, 1.165) is 32.1 Å². The van der Waals surface area contributed by atoms with Gasteiger partial charge in [-0.25, -0.2) is 13.2 Å². The van der Waals surface area contributed by atoms with Crippen LogP contribution in [0.5, 0.6) is 0 Å². The Morgan fingerprint density at radius 2 is 1.21 bits per heavy atom. The standard InChI is InChI=1S/C20H28F8O/c21-15-8-12(11-4-2-1-3-5-11)6-7-14(15)20(27,28)29-13-9-16(22)18(17(23)10-13)19(24,25)26/h11-18H,1-10H2. The molecule has 1 nitrogen and oxygen atoms in total. The molecule has 0 amide bonds. The molecule has 0 saturated heterocycles. The molecule has 3 aliphatic carbocycles. The Balaban J connectivity index is 1.57. The normalized spacial score (nSPS) is 40.8. The van der Waals surface area contributed by atoms with Crippen LogP contribution in [0.4, 0.5) is 35.1 Å². The molecular weight excluding hydrogens is 408 g/mol. The van der Waals surface area contributed by atoms with Crippen molar-refractivity contribution in [3.8, 4) is 0 Å². The first-order valence-corrected chi connectivity index (χ1v) is 10.5. The first-order valence-electron chi connectivity index (χ1n) is 10.5. The lowest BCUT2D eigenvalue weighted by Crippen LogP contribution is -2.50. The molecule has 0 spiro atoms. The minimum atomic E-state index is -5.09. The Morgan fingerprint density at radius 3 is 1.72 bits per heavy atom. The molecule has 3 fully saturated rings. The van der Waals surface area contributed by atoms with Crippen LogP contribution in [0.25, 0.3) is 0 Å². The minimum absolute atomic E-state index is 0.00652. The second-order valence-corrected chi connectivity index (χ2v) is 8.97. The van der Waals surface area contributed by atoms with Crippen molar-refractivity contribution >= 4 is 0 Å². The molecule has 5 atom stereocenters. The van der Waals surface area contributed by atoms with Gasteiger partial charge in [-0.3, -0.25) is 0 Å². The molecule has 9 heteroatoms. The molecule has 170 valence electrons. The van der Waals surface area contributed by atoms with Gasteiger partial charge in [0.2, 0.25) is 0 Å². The lowest BCUT2D eigenvalue weighted by atomic mass is 9.70. The predicted octanol–water partition coefficient (Wildman–Crippen LogP) is 6.95. The Labute approximate surface area is 165 Å². The van der Waals surface area contributed by atoms with Crippen molar-refractivity contribution < 1.29 is 39.9 Å². The summed E-state index contributed by atoms with van der Waals surface area (Å²) in [5, 5.41) is 0. The van der Waals surface area contributed by atoms with Crippen molar-refractivity contribution in [2.45, 2.75) is 101 Å². The predicted molar refractivity (Wildman–Crippen MR) is 90.7 cm³/mol. The molecule has 5 unspecified atom stereocenters. The molecule has 0 aliphatic heterocycles. The Kier molecular flexibility index (Phi) is 7.06. The first-order chi connectivity index (χ1) is 13.5. The molecule has 0 heterocycles. The summed E-state index contributed by atoms with van der Waals surface area (Å²) in [6.07, 6.45) is -14.3. The fourth-order valence-electron chi connectivity index (χ4n) is 5.49. The van der Waals surface area contributed by atoms with Crippen molar-refractivity contribution in [3.05, 3.63) is 0 Å². The molecule has 0 N–H and O–H groups in total. The van der Waals surface area contributed by atoms with Crippen molar-refractivity contribution in [2.24, 2.45) is 23.7 Å². The SMILES string of the molecule is FC1CC(OC(F)(F)C2CCC(C3CCCCC3)CC2F)CC(F)C1C(F)(F)F. The highest BCUT2D eigenvalue weighted by Crippen LogP contribution is 2.48. The molecule has 0 aromatic rings. The summed E-state index contributed by atoms with van der Waals surface area (Å²) in [5.74, 6) is -4.19. The lowest BCUT2D eigenvalue weighted by molar-refractivity contribution is -0.319. The fraction of sp³-hybridized carbons (Fsp3) is 1.00. The van der Waals surface area contributed by atoms with E-state index in [9.17, 15) is 35.1 Å². The highest BCUT2D eigenvalue weighted by atomic mass is 19.4. The van der Waals surface area contributed by atoms with Gasteiger partial charge in [0.1, 0.15) is 24.4 Å². The summed E-state index contributed by atoms with van der Waals surface area (Å²) in [6.45, 7) is 0. The van der Waals surface area contributed by atoms with Gasteiger partial charge in [-0.1, -0.05) is 32.1 Å². The zero-order chi connectivity index (χ0) is 21.4. The van der Waals surface area contributed by atoms with Crippen LogP contribution in [-0.2, 0) is 4.74 Å². The lowest BCUT2D eigenvalue weighted by Gasteiger charge is -2.42. The van der Waals surface area contributed by atoms with E-state index in [1.54, 1.807) is 0 Å². The number of halogens is 8. The minimum Gasteiger partial charge on any atom is -0.317 e. The number of ether oxygens (including phenoxy) is 1. The van der Waals surface area contributed by atoms with E-state index in [1.165, 1.54) is 0 Å². The summed E-state index contributed by atoms with van der Waals surface area (Å²) < 4.78 is 114. The summed E-state index contributed by atoms with van der Waals surface area (Å²) in [5.41, 5.74) is 0. The van der Waals surface area contributed by atoms with Crippen molar-refractivity contribution in [1.82, 2.24) is 0 Å². The average molecular weight is 436 g/mol. The molecule has 3 rings (SSSR count). The zero-order valence-corrected chi connectivity index (χ0v) is 16.1. The van der Waals surface area contributed by atoms with Gasteiger partial charge in [0.05, 0.1) is 12.0 Å². The van der Waals surface area contributed by atoms with Gasteiger partial charge >= 0.3 is 12.3 Å². The fourth-order valence-corrected chi connectivity index (χ4v) is 5.49. The van der Waals surface area contributed by atoms with Gasteiger partial charge in [-0.2, -0.15) is 22.0 Å². The summed E-state index contributed by atoms with van der Waals surface area (Å²) in [6, 6.07) is 0. The topological polar surface area (TPSA) is 9.23 Å². The monoisotopic (exact) mass is 436 g/mol. The second kappa shape index (κ2) is 8.87. The number of alkyl halides is 8. The quantitative estimate of drug-likeness (QED) is 0.434. The number of hydrogen-bond acceptors (Lipinski definition) is 1. The molecule has 0 bridgehead atoms. The van der Waals surface area contributed by atoms with Crippen LogP contribution in [0.3, 0.4) is 0 Å². The van der Waals surface area contributed by atoms with Crippen molar-refractivity contribution in [2.75, 3.05) is 0 Å². The average Bonchev–Trinajstić information content (AvgIpc) is 2.59. The molecule has 0 aromatic heterocycles. The van der Waals surface area contributed by atoms with E-state index in [1.807, 2.05) is 0 Å². The van der Waals surface area contributed by atoms with E-state index < -0.39 is 61.6 Å². The van der Waals surface area contributed by atoms with Gasteiger partial charge in [0.15, 0.2) is 0 Å². The van der Waals surface area contributed by atoms with Crippen LogP contribution in [0.15, 0.2) is 0 Å². The molecular formula is C20H28F8O. The Hall–Kier alpha value is -0.600. The van der Waals surface area contributed by atoms with E-state index in [4.69, 9.17) is 0 Å². The van der Waals surface area contributed by atoms with E-state index in [2.05, 4.69) is 4.74 Å². The zero-order valence-electron chi connectivity index (χ0n) is 16.1. The van der Waals surface area contributed by atoms with Crippen LogP contribution < -0.4 is 0 Å². The smallest absolute Gasteiger partial charge is 0.317 e. The Morgan fingerprint density at radius 1 is 0.621 bits per heavy atom. The molecule has 3 aliphatic rings. The highest BCUT2D eigenvalue weighted by Gasteiger charge is 2.56. The van der Waals surface area contributed by atoms with Crippen molar-refractivity contribution in [1.29, 1.82) is 0 Å².